The minimum absolute atomic E-state index is 0.0630. The molecule has 8 heteroatoms. The van der Waals surface area contributed by atoms with Gasteiger partial charge in [-0.2, -0.15) is 13.2 Å². The van der Waals surface area contributed by atoms with E-state index in [0.717, 1.165) is 12.1 Å². The summed E-state index contributed by atoms with van der Waals surface area (Å²) in [5.74, 6) is -0.542. The molecular weight excluding hydrogens is 371 g/mol. The third-order valence-corrected chi connectivity index (χ3v) is 4.50. The van der Waals surface area contributed by atoms with Gasteiger partial charge in [-0.15, -0.1) is 13.2 Å². The standard InChI is InChI=1S/C20H24F3N3O2/c1-3-9-25(10-4-2)18(27)13-17-19(28)24-8-11-26(17)14-15-6-5-7-16(12-15)20(21,22)23/h3-7,12,17H,1-2,8-11,13-14H2,(H,24,28). The van der Waals surface area contributed by atoms with Crippen molar-refractivity contribution in [2.45, 2.75) is 25.2 Å². The summed E-state index contributed by atoms with van der Waals surface area (Å²) in [5.41, 5.74) is -0.293. The van der Waals surface area contributed by atoms with E-state index in [9.17, 15) is 22.8 Å². The SMILES string of the molecule is C=CCN(CC=C)C(=O)CC1C(=O)NCCN1Cc1cccc(C(F)(F)F)c1. The number of halogens is 3. The second-order valence-corrected chi connectivity index (χ2v) is 6.56. The molecule has 1 aromatic carbocycles. The quantitative estimate of drug-likeness (QED) is 0.689. The van der Waals surface area contributed by atoms with Crippen molar-refractivity contribution in [2.75, 3.05) is 26.2 Å². The third kappa shape index (κ3) is 5.69. The molecule has 1 aliphatic rings. The highest BCUT2D eigenvalue weighted by Gasteiger charge is 2.34. The maximum atomic E-state index is 12.9. The van der Waals surface area contributed by atoms with E-state index in [1.165, 1.54) is 11.0 Å². The number of hydrogen-bond acceptors (Lipinski definition) is 3. The molecule has 2 rings (SSSR count). The molecule has 0 saturated carbocycles. The van der Waals surface area contributed by atoms with Crippen LogP contribution in [0.2, 0.25) is 0 Å². The minimum Gasteiger partial charge on any atom is -0.353 e. The van der Waals surface area contributed by atoms with E-state index in [2.05, 4.69) is 18.5 Å². The fourth-order valence-electron chi connectivity index (χ4n) is 3.14. The summed E-state index contributed by atoms with van der Waals surface area (Å²) < 4.78 is 38.8. The molecule has 0 aromatic heterocycles. The number of amides is 2. The average Bonchev–Trinajstić information content (AvgIpc) is 2.64. The Balaban J connectivity index is 2.16. The zero-order valence-corrected chi connectivity index (χ0v) is 15.5. The van der Waals surface area contributed by atoms with Crippen LogP contribution in [0.3, 0.4) is 0 Å². The molecule has 0 bridgehead atoms. The topological polar surface area (TPSA) is 52.7 Å². The Bertz CT molecular complexity index is 724. The lowest BCUT2D eigenvalue weighted by molar-refractivity contribution is -0.138. The van der Waals surface area contributed by atoms with E-state index >= 15 is 0 Å². The number of hydrogen-bond donors (Lipinski definition) is 1. The first-order valence-corrected chi connectivity index (χ1v) is 8.93. The highest BCUT2D eigenvalue weighted by molar-refractivity contribution is 5.89. The monoisotopic (exact) mass is 395 g/mol. The Kier molecular flexibility index (Phi) is 7.39. The van der Waals surface area contributed by atoms with Crippen molar-refractivity contribution >= 4 is 11.8 Å². The van der Waals surface area contributed by atoms with Crippen molar-refractivity contribution in [1.82, 2.24) is 15.1 Å². The Labute approximate surface area is 162 Å². The van der Waals surface area contributed by atoms with Crippen LogP contribution in [-0.4, -0.2) is 53.8 Å². The van der Waals surface area contributed by atoms with Gasteiger partial charge in [-0.05, 0) is 11.6 Å². The molecule has 1 atom stereocenters. The van der Waals surface area contributed by atoms with Gasteiger partial charge in [0.15, 0.2) is 0 Å². The fraction of sp³-hybridized carbons (Fsp3) is 0.400. The van der Waals surface area contributed by atoms with Crippen molar-refractivity contribution in [1.29, 1.82) is 0 Å². The van der Waals surface area contributed by atoms with Crippen LogP contribution >= 0.6 is 0 Å². The number of piperazine rings is 1. The van der Waals surface area contributed by atoms with Crippen LogP contribution in [0.1, 0.15) is 17.5 Å². The Morgan fingerprint density at radius 3 is 2.57 bits per heavy atom. The zero-order chi connectivity index (χ0) is 20.7. The molecule has 1 aromatic rings. The van der Waals surface area contributed by atoms with Crippen molar-refractivity contribution in [2.24, 2.45) is 0 Å². The first-order valence-electron chi connectivity index (χ1n) is 8.93. The van der Waals surface area contributed by atoms with Crippen LogP contribution in [0, 0.1) is 0 Å². The molecular formula is C20H24F3N3O2. The Morgan fingerprint density at radius 2 is 1.96 bits per heavy atom. The summed E-state index contributed by atoms with van der Waals surface area (Å²) in [6.45, 7) is 8.86. The number of nitrogens with one attached hydrogen (secondary N) is 1. The summed E-state index contributed by atoms with van der Waals surface area (Å²) >= 11 is 0. The van der Waals surface area contributed by atoms with Crippen LogP contribution in [0.15, 0.2) is 49.6 Å². The number of nitrogens with zero attached hydrogens (tertiary/aromatic N) is 2. The molecule has 1 N–H and O–H groups in total. The van der Waals surface area contributed by atoms with Gasteiger partial charge in [-0.1, -0.05) is 30.4 Å². The van der Waals surface area contributed by atoms with Gasteiger partial charge in [-0.3, -0.25) is 14.5 Å². The van der Waals surface area contributed by atoms with Gasteiger partial charge < -0.3 is 10.2 Å². The Morgan fingerprint density at radius 1 is 1.29 bits per heavy atom. The molecule has 1 saturated heterocycles. The maximum absolute atomic E-state index is 12.9. The molecule has 1 unspecified atom stereocenters. The molecule has 1 heterocycles. The van der Waals surface area contributed by atoms with E-state index < -0.39 is 17.8 Å². The maximum Gasteiger partial charge on any atom is 0.416 e. The summed E-state index contributed by atoms with van der Waals surface area (Å²) in [6.07, 6.45) is -1.32. The molecule has 0 radical (unpaired) electrons. The second-order valence-electron chi connectivity index (χ2n) is 6.56. The largest absolute Gasteiger partial charge is 0.416 e. The summed E-state index contributed by atoms with van der Waals surface area (Å²) in [4.78, 5) is 28.2. The molecule has 1 aliphatic heterocycles. The van der Waals surface area contributed by atoms with Crippen LogP contribution in [0.25, 0.3) is 0 Å². The van der Waals surface area contributed by atoms with Gasteiger partial charge in [0.2, 0.25) is 11.8 Å². The van der Waals surface area contributed by atoms with Crippen molar-refractivity contribution in [3.05, 3.63) is 60.7 Å². The van der Waals surface area contributed by atoms with E-state index in [-0.39, 0.29) is 24.8 Å². The third-order valence-electron chi connectivity index (χ3n) is 4.50. The average molecular weight is 395 g/mol. The molecule has 0 aliphatic carbocycles. The molecule has 2 amide bonds. The van der Waals surface area contributed by atoms with Crippen molar-refractivity contribution in [3.8, 4) is 0 Å². The number of carbonyl (C=O) groups is 2. The minimum atomic E-state index is -4.43. The molecule has 1 fully saturated rings. The van der Waals surface area contributed by atoms with Gasteiger partial charge in [0.25, 0.3) is 0 Å². The number of carbonyl (C=O) groups excluding carboxylic acids is 2. The van der Waals surface area contributed by atoms with Crippen LogP contribution in [0.5, 0.6) is 0 Å². The lowest BCUT2D eigenvalue weighted by atomic mass is 10.0. The first kappa shape index (κ1) is 21.7. The number of alkyl halides is 3. The van der Waals surface area contributed by atoms with E-state index in [0.29, 0.717) is 31.7 Å². The van der Waals surface area contributed by atoms with E-state index in [4.69, 9.17) is 0 Å². The lowest BCUT2D eigenvalue weighted by Gasteiger charge is -2.35. The lowest BCUT2D eigenvalue weighted by Crippen LogP contribution is -2.56. The predicted molar refractivity (Wildman–Crippen MR) is 100 cm³/mol. The van der Waals surface area contributed by atoms with Crippen LogP contribution in [0.4, 0.5) is 13.2 Å². The van der Waals surface area contributed by atoms with Crippen molar-refractivity contribution < 1.29 is 22.8 Å². The second kappa shape index (κ2) is 9.54. The van der Waals surface area contributed by atoms with Crippen LogP contribution < -0.4 is 5.32 Å². The smallest absolute Gasteiger partial charge is 0.353 e. The van der Waals surface area contributed by atoms with Gasteiger partial charge in [-0.25, -0.2) is 0 Å². The predicted octanol–water partition coefficient (Wildman–Crippen LogP) is 2.60. The fourth-order valence-corrected chi connectivity index (χ4v) is 3.14. The summed E-state index contributed by atoms with van der Waals surface area (Å²) in [6, 6.07) is 4.27. The summed E-state index contributed by atoms with van der Waals surface area (Å²) in [7, 11) is 0. The number of rotatable bonds is 8. The molecule has 5 nitrogen and oxygen atoms in total. The molecule has 28 heavy (non-hydrogen) atoms. The van der Waals surface area contributed by atoms with Gasteiger partial charge in [0, 0.05) is 32.7 Å². The van der Waals surface area contributed by atoms with Crippen molar-refractivity contribution in [3.63, 3.8) is 0 Å². The van der Waals surface area contributed by atoms with Gasteiger partial charge in [0.05, 0.1) is 18.0 Å². The molecule has 0 spiro atoms. The number of benzene rings is 1. The normalized spacial score (nSPS) is 17.7. The molecule has 152 valence electrons. The Hall–Kier alpha value is -2.61. The highest BCUT2D eigenvalue weighted by Crippen LogP contribution is 2.30. The van der Waals surface area contributed by atoms with Crippen LogP contribution in [-0.2, 0) is 22.3 Å². The van der Waals surface area contributed by atoms with E-state index in [1.54, 1.807) is 23.1 Å². The van der Waals surface area contributed by atoms with E-state index in [1.807, 2.05) is 0 Å². The first-order chi connectivity index (χ1) is 13.3. The summed E-state index contributed by atoms with van der Waals surface area (Å²) in [5, 5.41) is 2.72. The van der Waals surface area contributed by atoms with Gasteiger partial charge in [0.1, 0.15) is 0 Å². The zero-order valence-electron chi connectivity index (χ0n) is 15.5. The van der Waals surface area contributed by atoms with Gasteiger partial charge >= 0.3 is 6.18 Å². The highest BCUT2D eigenvalue weighted by atomic mass is 19.4.